The van der Waals surface area contributed by atoms with Crippen molar-refractivity contribution in [3.05, 3.63) is 23.9 Å². The van der Waals surface area contributed by atoms with E-state index in [1.807, 2.05) is 0 Å². The van der Waals surface area contributed by atoms with Crippen molar-refractivity contribution < 1.29 is 17.9 Å². The third-order valence-electron chi connectivity index (χ3n) is 2.51. The van der Waals surface area contributed by atoms with Crippen LogP contribution in [-0.2, 0) is 0 Å². The largest absolute Gasteiger partial charge is 0.574 e. The number of ether oxygens (including phenoxy) is 1. The number of pyridine rings is 1. The summed E-state index contributed by atoms with van der Waals surface area (Å²) in [7, 11) is 0. The lowest BCUT2D eigenvalue weighted by atomic mass is 10.0. The lowest BCUT2D eigenvalue weighted by Gasteiger charge is -2.10. The van der Waals surface area contributed by atoms with Crippen LogP contribution in [0.15, 0.2) is 18.3 Å². The fraction of sp³-hybridized carbons (Fsp3) is 0.500. The van der Waals surface area contributed by atoms with Gasteiger partial charge in [-0.05, 0) is 24.4 Å². The van der Waals surface area contributed by atoms with Crippen molar-refractivity contribution in [2.45, 2.75) is 18.7 Å². The Bertz CT molecular complexity index is 344. The standard InChI is InChI=1S/C10H11F3N2O/c11-10(12,13)16-9-2-1-7(6-15-9)8-3-4-14-5-8/h1-2,6,8,14H,3-5H2. The summed E-state index contributed by atoms with van der Waals surface area (Å²) in [6, 6.07) is 2.88. The summed E-state index contributed by atoms with van der Waals surface area (Å²) in [4.78, 5) is 3.64. The lowest BCUT2D eigenvalue weighted by Crippen LogP contribution is -2.18. The SMILES string of the molecule is FC(F)(F)Oc1ccc(C2CCNC2)cn1. The predicted molar refractivity (Wildman–Crippen MR) is 51.1 cm³/mol. The number of rotatable bonds is 2. The van der Waals surface area contributed by atoms with E-state index in [1.165, 1.54) is 12.3 Å². The smallest absolute Gasteiger partial charge is 0.388 e. The topological polar surface area (TPSA) is 34.1 Å². The summed E-state index contributed by atoms with van der Waals surface area (Å²) in [6.07, 6.45) is -2.25. The van der Waals surface area contributed by atoms with E-state index in [1.54, 1.807) is 6.07 Å². The molecule has 16 heavy (non-hydrogen) atoms. The third-order valence-corrected chi connectivity index (χ3v) is 2.51. The van der Waals surface area contributed by atoms with Crippen LogP contribution in [0, 0.1) is 0 Å². The van der Waals surface area contributed by atoms with Crippen molar-refractivity contribution in [2.75, 3.05) is 13.1 Å². The molecule has 1 aromatic rings. The molecule has 2 rings (SSSR count). The zero-order valence-electron chi connectivity index (χ0n) is 8.42. The maximum atomic E-state index is 11.9. The molecule has 1 aliphatic heterocycles. The highest BCUT2D eigenvalue weighted by molar-refractivity contribution is 5.22. The fourth-order valence-corrected chi connectivity index (χ4v) is 1.75. The molecule has 0 amide bonds. The first-order chi connectivity index (χ1) is 7.54. The normalized spacial score (nSPS) is 21.1. The summed E-state index contributed by atoms with van der Waals surface area (Å²) >= 11 is 0. The predicted octanol–water partition coefficient (Wildman–Crippen LogP) is 2.06. The Kier molecular flexibility index (Phi) is 3.00. The average molecular weight is 232 g/mol. The number of nitrogens with one attached hydrogen (secondary N) is 1. The lowest BCUT2D eigenvalue weighted by molar-refractivity contribution is -0.276. The first-order valence-electron chi connectivity index (χ1n) is 4.97. The molecule has 6 heteroatoms. The second kappa shape index (κ2) is 4.29. The van der Waals surface area contributed by atoms with Gasteiger partial charge < -0.3 is 10.1 Å². The quantitative estimate of drug-likeness (QED) is 0.847. The van der Waals surface area contributed by atoms with E-state index in [0.717, 1.165) is 25.1 Å². The molecule has 0 radical (unpaired) electrons. The second-order valence-electron chi connectivity index (χ2n) is 3.67. The van der Waals surface area contributed by atoms with Gasteiger partial charge >= 0.3 is 6.36 Å². The minimum Gasteiger partial charge on any atom is -0.388 e. The molecule has 2 heterocycles. The van der Waals surface area contributed by atoms with E-state index in [-0.39, 0.29) is 0 Å². The molecule has 0 bridgehead atoms. The van der Waals surface area contributed by atoms with Gasteiger partial charge in [0.05, 0.1) is 0 Å². The number of alkyl halides is 3. The van der Waals surface area contributed by atoms with Crippen molar-refractivity contribution in [3.63, 3.8) is 0 Å². The van der Waals surface area contributed by atoms with Crippen molar-refractivity contribution in [1.29, 1.82) is 0 Å². The van der Waals surface area contributed by atoms with Gasteiger partial charge in [-0.2, -0.15) is 0 Å². The third kappa shape index (κ3) is 2.85. The number of nitrogens with zero attached hydrogens (tertiary/aromatic N) is 1. The van der Waals surface area contributed by atoms with Crippen LogP contribution in [0.4, 0.5) is 13.2 Å². The Morgan fingerprint density at radius 2 is 2.19 bits per heavy atom. The number of aromatic nitrogens is 1. The van der Waals surface area contributed by atoms with Crippen molar-refractivity contribution in [3.8, 4) is 5.88 Å². The maximum Gasteiger partial charge on any atom is 0.574 e. The minimum absolute atomic E-state index is 0.340. The van der Waals surface area contributed by atoms with Crippen LogP contribution in [0.3, 0.4) is 0 Å². The molecule has 0 spiro atoms. The first kappa shape index (κ1) is 11.2. The second-order valence-corrected chi connectivity index (χ2v) is 3.67. The molecule has 3 nitrogen and oxygen atoms in total. The molecule has 1 fully saturated rings. The summed E-state index contributed by atoms with van der Waals surface area (Å²) in [5.41, 5.74) is 0.944. The molecular weight excluding hydrogens is 221 g/mol. The molecule has 1 unspecified atom stereocenters. The van der Waals surface area contributed by atoms with Gasteiger partial charge in [0.1, 0.15) is 0 Å². The molecule has 0 saturated carbocycles. The summed E-state index contributed by atoms with van der Waals surface area (Å²) in [6.45, 7) is 1.78. The van der Waals surface area contributed by atoms with Crippen molar-refractivity contribution in [2.24, 2.45) is 0 Å². The molecule has 1 N–H and O–H groups in total. The van der Waals surface area contributed by atoms with Crippen LogP contribution >= 0.6 is 0 Å². The van der Waals surface area contributed by atoms with Gasteiger partial charge in [-0.15, -0.1) is 13.2 Å². The van der Waals surface area contributed by atoms with Crippen molar-refractivity contribution in [1.82, 2.24) is 10.3 Å². The Hall–Kier alpha value is -1.30. The number of hydrogen-bond donors (Lipinski definition) is 1. The molecule has 0 aliphatic carbocycles. The van der Waals surface area contributed by atoms with E-state index in [9.17, 15) is 13.2 Å². The minimum atomic E-state index is -4.68. The Morgan fingerprint density at radius 1 is 1.38 bits per heavy atom. The van der Waals surface area contributed by atoms with E-state index in [0.29, 0.717) is 5.92 Å². The Morgan fingerprint density at radius 3 is 2.69 bits per heavy atom. The molecular formula is C10H11F3N2O. The van der Waals surface area contributed by atoms with E-state index < -0.39 is 12.2 Å². The number of hydrogen-bond acceptors (Lipinski definition) is 3. The maximum absolute atomic E-state index is 11.9. The van der Waals surface area contributed by atoms with Gasteiger partial charge in [0.15, 0.2) is 0 Å². The van der Waals surface area contributed by atoms with Crippen LogP contribution in [0.25, 0.3) is 0 Å². The van der Waals surface area contributed by atoms with Crippen LogP contribution in [0.5, 0.6) is 5.88 Å². The van der Waals surface area contributed by atoms with Gasteiger partial charge in [0.2, 0.25) is 5.88 Å². The average Bonchev–Trinajstić information content (AvgIpc) is 2.69. The summed E-state index contributed by atoms with van der Waals surface area (Å²) < 4.78 is 39.3. The summed E-state index contributed by atoms with van der Waals surface area (Å²) in [5.74, 6) is -0.0744. The van der Waals surface area contributed by atoms with Gasteiger partial charge in [-0.1, -0.05) is 6.07 Å². The summed E-state index contributed by atoms with van der Waals surface area (Å²) in [5, 5.41) is 3.18. The zero-order valence-corrected chi connectivity index (χ0v) is 8.42. The van der Waals surface area contributed by atoms with Crippen molar-refractivity contribution >= 4 is 0 Å². The Labute approximate surface area is 90.6 Å². The molecule has 1 saturated heterocycles. The highest BCUT2D eigenvalue weighted by atomic mass is 19.4. The number of halogens is 3. The van der Waals surface area contributed by atoms with Gasteiger partial charge in [-0.25, -0.2) is 4.98 Å². The van der Waals surface area contributed by atoms with E-state index >= 15 is 0 Å². The molecule has 1 atom stereocenters. The molecule has 1 aliphatic rings. The van der Waals surface area contributed by atoms with Crippen LogP contribution < -0.4 is 10.1 Å². The van der Waals surface area contributed by atoms with Gasteiger partial charge in [0, 0.05) is 18.8 Å². The monoisotopic (exact) mass is 232 g/mol. The first-order valence-corrected chi connectivity index (χ1v) is 4.97. The van der Waals surface area contributed by atoms with Crippen LogP contribution in [0.2, 0.25) is 0 Å². The van der Waals surface area contributed by atoms with Crippen LogP contribution in [0.1, 0.15) is 17.9 Å². The van der Waals surface area contributed by atoms with E-state index in [2.05, 4.69) is 15.0 Å². The van der Waals surface area contributed by atoms with Gasteiger partial charge in [0.25, 0.3) is 0 Å². The molecule has 1 aromatic heterocycles. The zero-order chi connectivity index (χ0) is 11.6. The Balaban J connectivity index is 2.04. The molecule has 88 valence electrons. The highest BCUT2D eigenvalue weighted by Crippen LogP contribution is 2.25. The fourth-order valence-electron chi connectivity index (χ4n) is 1.75. The highest BCUT2D eigenvalue weighted by Gasteiger charge is 2.31. The van der Waals surface area contributed by atoms with Gasteiger partial charge in [-0.3, -0.25) is 0 Å². The van der Waals surface area contributed by atoms with E-state index in [4.69, 9.17) is 0 Å². The molecule has 0 aromatic carbocycles. The van der Waals surface area contributed by atoms with Crippen LogP contribution in [-0.4, -0.2) is 24.4 Å².